The largest absolute Gasteiger partial charge is 0.354 e. The zero-order valence-corrected chi connectivity index (χ0v) is 19.1. The molecule has 0 radical (unpaired) electrons. The summed E-state index contributed by atoms with van der Waals surface area (Å²) in [6.07, 6.45) is 6.56. The first-order chi connectivity index (χ1) is 13.2. The molecule has 2 N–H and O–H groups in total. The lowest BCUT2D eigenvalue weighted by molar-refractivity contribution is 0.371. The number of hydrogen-bond donors (Lipinski definition) is 2. The van der Waals surface area contributed by atoms with Gasteiger partial charge in [-0.25, -0.2) is 4.99 Å². The Balaban J connectivity index is 0.00000280. The number of nitrogens with one attached hydrogen (secondary N) is 2. The van der Waals surface area contributed by atoms with Crippen LogP contribution in [0, 0.1) is 6.92 Å². The highest BCUT2D eigenvalue weighted by molar-refractivity contribution is 14.0. The number of halogens is 1. The summed E-state index contributed by atoms with van der Waals surface area (Å²) >= 11 is 0. The average Bonchev–Trinajstić information content (AvgIpc) is 3.03. The molecule has 0 spiro atoms. The molecular weight excluding hydrogens is 463 g/mol. The van der Waals surface area contributed by atoms with Crippen molar-refractivity contribution in [2.24, 2.45) is 12.0 Å². The van der Waals surface area contributed by atoms with Crippen LogP contribution in [0.15, 0.2) is 48.0 Å². The van der Waals surface area contributed by atoms with Crippen LogP contribution < -0.4 is 10.6 Å². The summed E-state index contributed by atoms with van der Waals surface area (Å²) in [5.74, 6) is 3.25. The molecule has 1 saturated carbocycles. The molecule has 28 heavy (non-hydrogen) atoms. The van der Waals surface area contributed by atoms with Gasteiger partial charge in [0.05, 0.1) is 0 Å². The molecule has 1 aromatic carbocycles. The quantitative estimate of drug-likeness (QED) is 0.278. The lowest BCUT2D eigenvalue weighted by Gasteiger charge is -2.30. The number of hydrogen-bond acceptors (Lipinski definition) is 3. The number of aliphatic imine (C=N–C) groups is 1. The molecule has 7 heteroatoms. The van der Waals surface area contributed by atoms with E-state index in [9.17, 15) is 0 Å². The summed E-state index contributed by atoms with van der Waals surface area (Å²) in [5.41, 5.74) is 1.47. The van der Waals surface area contributed by atoms with E-state index in [-0.39, 0.29) is 24.0 Å². The van der Waals surface area contributed by atoms with E-state index in [1.807, 2.05) is 24.6 Å². The summed E-state index contributed by atoms with van der Waals surface area (Å²) in [7, 11) is 1.97. The number of aryl methyl sites for hydroxylation is 1. The molecule has 1 heterocycles. The third kappa shape index (κ3) is 6.05. The molecule has 1 aromatic heterocycles. The number of benzene rings is 1. The van der Waals surface area contributed by atoms with Gasteiger partial charge in [-0.2, -0.15) is 0 Å². The molecular formula is C21H31IN6. The fourth-order valence-corrected chi connectivity index (χ4v) is 3.55. The maximum atomic E-state index is 4.70. The van der Waals surface area contributed by atoms with Crippen molar-refractivity contribution in [2.45, 2.75) is 51.1 Å². The fourth-order valence-electron chi connectivity index (χ4n) is 3.55. The van der Waals surface area contributed by atoms with Crippen LogP contribution in [-0.2, 0) is 13.6 Å². The Bertz CT molecular complexity index is 762. The normalized spacial score (nSPS) is 19.6. The Kier molecular flexibility index (Phi) is 8.95. The standard InChI is InChI=1S/C21H30N6.HI/c1-4-14-22-21(23-15-20-26-25-16(2)27(20)3)24-19-12-10-18(11-13-19)17-8-6-5-7-9-17;/h4-9,18-19H,1,10-15H2,2-3H3,(H2,22,23,24);1H. The Morgan fingerprint density at radius 2 is 1.93 bits per heavy atom. The number of guanidine groups is 1. The van der Waals surface area contributed by atoms with Gasteiger partial charge in [0.1, 0.15) is 12.4 Å². The minimum atomic E-state index is 0. The summed E-state index contributed by atoms with van der Waals surface area (Å²) in [5, 5.41) is 15.2. The van der Waals surface area contributed by atoms with E-state index in [0.29, 0.717) is 25.0 Å². The predicted octanol–water partition coefficient (Wildman–Crippen LogP) is 3.69. The van der Waals surface area contributed by atoms with E-state index in [2.05, 4.69) is 57.7 Å². The van der Waals surface area contributed by atoms with E-state index >= 15 is 0 Å². The van der Waals surface area contributed by atoms with Crippen LogP contribution in [0.5, 0.6) is 0 Å². The Labute approximate surface area is 185 Å². The van der Waals surface area contributed by atoms with Crippen LogP contribution in [0.1, 0.15) is 48.8 Å². The summed E-state index contributed by atoms with van der Waals surface area (Å²) < 4.78 is 1.97. The molecule has 0 aliphatic heterocycles. The first kappa shape index (κ1) is 22.4. The third-order valence-corrected chi connectivity index (χ3v) is 5.31. The molecule has 152 valence electrons. The second kappa shape index (κ2) is 11.2. The van der Waals surface area contributed by atoms with Crippen LogP contribution >= 0.6 is 24.0 Å². The zero-order valence-electron chi connectivity index (χ0n) is 16.8. The SMILES string of the molecule is C=CCNC(=NCc1nnc(C)n1C)NC1CCC(c2ccccc2)CC1.I. The van der Waals surface area contributed by atoms with Crippen molar-refractivity contribution < 1.29 is 0 Å². The molecule has 6 nitrogen and oxygen atoms in total. The van der Waals surface area contributed by atoms with E-state index in [4.69, 9.17) is 4.99 Å². The predicted molar refractivity (Wildman–Crippen MR) is 125 cm³/mol. The maximum absolute atomic E-state index is 4.70. The smallest absolute Gasteiger partial charge is 0.192 e. The van der Waals surface area contributed by atoms with Crippen LogP contribution in [-0.4, -0.2) is 33.3 Å². The topological polar surface area (TPSA) is 67.1 Å². The number of rotatable bonds is 6. The van der Waals surface area contributed by atoms with Gasteiger partial charge in [0.2, 0.25) is 0 Å². The third-order valence-electron chi connectivity index (χ3n) is 5.31. The Morgan fingerprint density at radius 3 is 2.54 bits per heavy atom. The molecule has 0 unspecified atom stereocenters. The van der Waals surface area contributed by atoms with Gasteiger partial charge in [-0.15, -0.1) is 40.8 Å². The first-order valence-corrected chi connectivity index (χ1v) is 9.73. The van der Waals surface area contributed by atoms with Crippen molar-refractivity contribution >= 4 is 29.9 Å². The van der Waals surface area contributed by atoms with Crippen molar-refractivity contribution in [3.05, 3.63) is 60.2 Å². The second-order valence-electron chi connectivity index (χ2n) is 7.16. The van der Waals surface area contributed by atoms with Gasteiger partial charge in [-0.3, -0.25) is 0 Å². The van der Waals surface area contributed by atoms with Crippen molar-refractivity contribution in [1.82, 2.24) is 25.4 Å². The minimum Gasteiger partial charge on any atom is -0.354 e. The molecule has 0 bridgehead atoms. The molecule has 0 amide bonds. The van der Waals surface area contributed by atoms with E-state index in [1.165, 1.54) is 18.4 Å². The van der Waals surface area contributed by atoms with Crippen molar-refractivity contribution in [3.63, 3.8) is 0 Å². The van der Waals surface area contributed by atoms with Crippen LogP contribution in [0.2, 0.25) is 0 Å². The van der Waals surface area contributed by atoms with Gasteiger partial charge in [-0.05, 0) is 44.1 Å². The van der Waals surface area contributed by atoms with Crippen LogP contribution in [0.3, 0.4) is 0 Å². The second-order valence-corrected chi connectivity index (χ2v) is 7.16. The minimum absolute atomic E-state index is 0. The highest BCUT2D eigenvalue weighted by Crippen LogP contribution is 2.32. The van der Waals surface area contributed by atoms with E-state index in [0.717, 1.165) is 30.5 Å². The summed E-state index contributed by atoms with van der Waals surface area (Å²) in [6.45, 7) is 6.92. The number of nitrogens with zero attached hydrogens (tertiary/aromatic N) is 4. The maximum Gasteiger partial charge on any atom is 0.192 e. The summed E-state index contributed by atoms with van der Waals surface area (Å²) in [6, 6.07) is 11.3. The van der Waals surface area contributed by atoms with Gasteiger partial charge in [0.15, 0.2) is 11.8 Å². The summed E-state index contributed by atoms with van der Waals surface area (Å²) in [4.78, 5) is 4.70. The Morgan fingerprint density at radius 1 is 1.21 bits per heavy atom. The van der Waals surface area contributed by atoms with Gasteiger partial charge in [0.25, 0.3) is 0 Å². The van der Waals surface area contributed by atoms with Crippen LogP contribution in [0.25, 0.3) is 0 Å². The first-order valence-electron chi connectivity index (χ1n) is 9.73. The monoisotopic (exact) mass is 494 g/mol. The molecule has 1 fully saturated rings. The van der Waals surface area contributed by atoms with Gasteiger partial charge < -0.3 is 15.2 Å². The average molecular weight is 494 g/mol. The molecule has 1 aliphatic carbocycles. The van der Waals surface area contributed by atoms with Crippen molar-refractivity contribution in [3.8, 4) is 0 Å². The van der Waals surface area contributed by atoms with Crippen molar-refractivity contribution in [2.75, 3.05) is 6.54 Å². The van der Waals surface area contributed by atoms with E-state index in [1.54, 1.807) is 0 Å². The highest BCUT2D eigenvalue weighted by Gasteiger charge is 2.22. The molecule has 0 atom stereocenters. The van der Waals surface area contributed by atoms with Crippen LogP contribution in [0.4, 0.5) is 0 Å². The highest BCUT2D eigenvalue weighted by atomic mass is 127. The van der Waals surface area contributed by atoms with Crippen molar-refractivity contribution in [1.29, 1.82) is 0 Å². The molecule has 3 rings (SSSR count). The number of aromatic nitrogens is 3. The molecule has 2 aromatic rings. The fraction of sp³-hybridized carbons (Fsp3) is 0.476. The lowest BCUT2D eigenvalue weighted by atomic mass is 9.82. The zero-order chi connectivity index (χ0) is 19.1. The van der Waals surface area contributed by atoms with Gasteiger partial charge in [-0.1, -0.05) is 36.4 Å². The van der Waals surface area contributed by atoms with Gasteiger partial charge in [0, 0.05) is 19.6 Å². The van der Waals surface area contributed by atoms with E-state index < -0.39 is 0 Å². The van der Waals surface area contributed by atoms with Gasteiger partial charge >= 0.3 is 0 Å². The lowest BCUT2D eigenvalue weighted by Crippen LogP contribution is -2.44. The Hall–Kier alpha value is -1.90. The molecule has 0 saturated heterocycles. The molecule has 1 aliphatic rings.